The summed E-state index contributed by atoms with van der Waals surface area (Å²) >= 11 is 0. The zero-order chi connectivity index (χ0) is 11.8. The number of aromatic nitrogens is 3. The molecule has 4 nitrogen and oxygen atoms in total. The quantitative estimate of drug-likeness (QED) is 0.692. The summed E-state index contributed by atoms with van der Waals surface area (Å²) in [6.07, 6.45) is 0. The summed E-state index contributed by atoms with van der Waals surface area (Å²) in [7, 11) is 0. The fourth-order valence-corrected chi connectivity index (χ4v) is 1.86. The van der Waals surface area contributed by atoms with Gasteiger partial charge in [0.1, 0.15) is 22.5 Å². The molecule has 0 fully saturated rings. The van der Waals surface area contributed by atoms with Crippen LogP contribution in [-0.4, -0.2) is 20.1 Å². The molecule has 0 aliphatic carbocycles. The van der Waals surface area contributed by atoms with Crippen molar-refractivity contribution in [2.45, 2.75) is 6.92 Å². The Morgan fingerprint density at radius 3 is 2.18 bits per heavy atom. The van der Waals surface area contributed by atoms with Crippen LogP contribution in [0.2, 0.25) is 0 Å². The van der Waals surface area contributed by atoms with Crippen molar-refractivity contribution < 1.29 is 5.11 Å². The molecule has 0 radical (unpaired) electrons. The SMILES string of the molecule is Cc1cccc(O)c1-n1nc2ccccc2n1. The van der Waals surface area contributed by atoms with E-state index in [2.05, 4.69) is 10.2 Å². The Kier molecular flexibility index (Phi) is 2.08. The first-order valence-corrected chi connectivity index (χ1v) is 5.37. The Hall–Kier alpha value is -2.36. The largest absolute Gasteiger partial charge is 0.506 e. The Balaban J connectivity index is 2.27. The van der Waals surface area contributed by atoms with Crippen LogP contribution in [0.5, 0.6) is 5.75 Å². The van der Waals surface area contributed by atoms with E-state index in [0.29, 0.717) is 5.69 Å². The molecule has 1 N–H and O–H groups in total. The summed E-state index contributed by atoms with van der Waals surface area (Å²) < 4.78 is 0. The van der Waals surface area contributed by atoms with Crippen LogP contribution in [0, 0.1) is 6.92 Å². The molecular weight excluding hydrogens is 214 g/mol. The molecule has 0 unspecified atom stereocenters. The number of aryl methyl sites for hydroxylation is 1. The van der Waals surface area contributed by atoms with E-state index in [1.807, 2.05) is 37.3 Å². The molecule has 4 heteroatoms. The van der Waals surface area contributed by atoms with Gasteiger partial charge in [-0.25, -0.2) is 0 Å². The molecule has 1 heterocycles. The molecule has 0 aliphatic rings. The molecule has 3 rings (SSSR count). The van der Waals surface area contributed by atoms with Gasteiger partial charge >= 0.3 is 0 Å². The Morgan fingerprint density at radius 2 is 1.59 bits per heavy atom. The van der Waals surface area contributed by atoms with Gasteiger partial charge in [0.15, 0.2) is 0 Å². The second kappa shape index (κ2) is 3.59. The average molecular weight is 225 g/mol. The second-order valence-electron chi connectivity index (χ2n) is 3.92. The van der Waals surface area contributed by atoms with Gasteiger partial charge in [-0.05, 0) is 30.7 Å². The van der Waals surface area contributed by atoms with Gasteiger partial charge in [0.25, 0.3) is 0 Å². The second-order valence-corrected chi connectivity index (χ2v) is 3.92. The lowest BCUT2D eigenvalue weighted by molar-refractivity contribution is 0.467. The van der Waals surface area contributed by atoms with Gasteiger partial charge in [-0.15, -0.1) is 15.0 Å². The number of aromatic hydroxyl groups is 1. The normalized spacial score (nSPS) is 10.9. The smallest absolute Gasteiger partial charge is 0.143 e. The highest BCUT2D eigenvalue weighted by molar-refractivity contribution is 5.73. The molecule has 17 heavy (non-hydrogen) atoms. The van der Waals surface area contributed by atoms with Crippen LogP contribution in [-0.2, 0) is 0 Å². The molecule has 0 aliphatic heterocycles. The van der Waals surface area contributed by atoms with Crippen molar-refractivity contribution in [1.82, 2.24) is 15.0 Å². The third kappa shape index (κ3) is 1.54. The Labute approximate surface area is 98.1 Å². The van der Waals surface area contributed by atoms with Crippen LogP contribution in [0.25, 0.3) is 16.7 Å². The van der Waals surface area contributed by atoms with Crippen molar-refractivity contribution >= 4 is 11.0 Å². The molecule has 84 valence electrons. The summed E-state index contributed by atoms with van der Waals surface area (Å²) in [6, 6.07) is 13.0. The number of phenols is 1. The first-order valence-electron chi connectivity index (χ1n) is 5.37. The zero-order valence-corrected chi connectivity index (χ0v) is 9.33. The first kappa shape index (κ1) is 9.84. The third-order valence-corrected chi connectivity index (χ3v) is 2.70. The molecule has 0 saturated carbocycles. The van der Waals surface area contributed by atoms with Crippen molar-refractivity contribution in [2.24, 2.45) is 0 Å². The van der Waals surface area contributed by atoms with Crippen LogP contribution in [0.15, 0.2) is 42.5 Å². The number of benzene rings is 2. The van der Waals surface area contributed by atoms with E-state index in [1.165, 1.54) is 4.80 Å². The third-order valence-electron chi connectivity index (χ3n) is 2.70. The van der Waals surface area contributed by atoms with Gasteiger partial charge in [-0.2, -0.15) is 0 Å². The van der Waals surface area contributed by atoms with E-state index in [1.54, 1.807) is 12.1 Å². The van der Waals surface area contributed by atoms with Crippen LogP contribution < -0.4 is 0 Å². The molecule has 0 bridgehead atoms. The first-order chi connectivity index (χ1) is 8.25. The molecule has 1 aromatic heterocycles. The molecule has 0 amide bonds. The number of fused-ring (bicyclic) bond motifs is 1. The summed E-state index contributed by atoms with van der Waals surface area (Å²) in [6.45, 7) is 1.92. The summed E-state index contributed by atoms with van der Waals surface area (Å²) in [5.74, 6) is 0.185. The standard InChI is InChI=1S/C13H11N3O/c1-9-5-4-8-12(17)13(9)16-14-10-6-2-3-7-11(10)15-16/h2-8,17H,1H3. The highest BCUT2D eigenvalue weighted by Gasteiger charge is 2.10. The maximum atomic E-state index is 9.87. The van der Waals surface area contributed by atoms with Crippen LogP contribution >= 0.6 is 0 Å². The molecule has 0 saturated heterocycles. The Bertz CT molecular complexity index is 635. The highest BCUT2D eigenvalue weighted by Crippen LogP contribution is 2.24. The van der Waals surface area contributed by atoms with Gasteiger partial charge in [0, 0.05) is 0 Å². The van der Waals surface area contributed by atoms with Crippen molar-refractivity contribution in [1.29, 1.82) is 0 Å². The van der Waals surface area contributed by atoms with Gasteiger partial charge < -0.3 is 5.11 Å². The summed E-state index contributed by atoms with van der Waals surface area (Å²) in [5.41, 5.74) is 3.19. The van der Waals surface area contributed by atoms with Crippen molar-refractivity contribution in [3.63, 3.8) is 0 Å². The number of hydrogen-bond acceptors (Lipinski definition) is 3. The molecule has 0 spiro atoms. The summed E-state index contributed by atoms with van der Waals surface area (Å²) in [4.78, 5) is 1.48. The summed E-state index contributed by atoms with van der Waals surface area (Å²) in [5, 5.41) is 18.6. The van der Waals surface area contributed by atoms with Crippen molar-refractivity contribution in [3.8, 4) is 11.4 Å². The number of phenolic OH excluding ortho intramolecular Hbond substituents is 1. The van der Waals surface area contributed by atoms with E-state index in [9.17, 15) is 5.11 Å². The van der Waals surface area contributed by atoms with Gasteiger partial charge in [-0.1, -0.05) is 24.3 Å². The minimum atomic E-state index is 0.185. The topological polar surface area (TPSA) is 50.9 Å². The fraction of sp³-hybridized carbons (Fsp3) is 0.0769. The predicted molar refractivity (Wildman–Crippen MR) is 65.3 cm³/mol. The minimum absolute atomic E-state index is 0.185. The van der Waals surface area contributed by atoms with Gasteiger partial charge in [0.05, 0.1) is 0 Å². The van der Waals surface area contributed by atoms with Crippen molar-refractivity contribution in [2.75, 3.05) is 0 Å². The molecule has 0 atom stereocenters. The van der Waals surface area contributed by atoms with Crippen molar-refractivity contribution in [3.05, 3.63) is 48.0 Å². The zero-order valence-electron chi connectivity index (χ0n) is 9.33. The highest BCUT2D eigenvalue weighted by atomic mass is 16.3. The van der Waals surface area contributed by atoms with E-state index >= 15 is 0 Å². The molecule has 2 aromatic carbocycles. The fourth-order valence-electron chi connectivity index (χ4n) is 1.86. The minimum Gasteiger partial charge on any atom is -0.506 e. The van der Waals surface area contributed by atoms with E-state index in [4.69, 9.17) is 0 Å². The van der Waals surface area contributed by atoms with Crippen LogP contribution in [0.4, 0.5) is 0 Å². The van der Waals surface area contributed by atoms with Crippen LogP contribution in [0.3, 0.4) is 0 Å². The Morgan fingerprint density at radius 1 is 0.941 bits per heavy atom. The van der Waals surface area contributed by atoms with Gasteiger partial charge in [-0.3, -0.25) is 0 Å². The van der Waals surface area contributed by atoms with E-state index < -0.39 is 0 Å². The molecule has 3 aromatic rings. The maximum absolute atomic E-state index is 9.87. The number of para-hydroxylation sites is 1. The van der Waals surface area contributed by atoms with E-state index in [-0.39, 0.29) is 5.75 Å². The number of rotatable bonds is 1. The number of nitrogens with zero attached hydrogens (tertiary/aromatic N) is 3. The van der Waals surface area contributed by atoms with Gasteiger partial charge in [0.2, 0.25) is 0 Å². The van der Waals surface area contributed by atoms with E-state index in [0.717, 1.165) is 16.6 Å². The monoisotopic (exact) mass is 225 g/mol. The lowest BCUT2D eigenvalue weighted by Crippen LogP contribution is -2.01. The molecular formula is C13H11N3O. The van der Waals surface area contributed by atoms with Crippen LogP contribution in [0.1, 0.15) is 5.56 Å². The maximum Gasteiger partial charge on any atom is 0.143 e. The number of hydrogen-bond donors (Lipinski definition) is 1. The predicted octanol–water partition coefficient (Wildman–Crippen LogP) is 2.43. The lowest BCUT2D eigenvalue weighted by Gasteiger charge is -2.05. The average Bonchev–Trinajstić information content (AvgIpc) is 2.71. The lowest BCUT2D eigenvalue weighted by atomic mass is 10.2.